The van der Waals surface area contributed by atoms with Crippen LogP contribution in [0, 0.1) is 6.92 Å². The highest BCUT2D eigenvalue weighted by Crippen LogP contribution is 2.22. The molecule has 2 aromatic carbocycles. The molecule has 0 fully saturated rings. The summed E-state index contributed by atoms with van der Waals surface area (Å²) >= 11 is 9.55. The number of allylic oxidation sites excluding steroid dienone is 1. The fraction of sp³-hybridized carbons (Fsp3) is 0.0625. The molecule has 1 nitrogen and oxygen atoms in total. The number of carbonyl (C=O) groups is 1. The molecule has 2 aromatic rings. The van der Waals surface area contributed by atoms with E-state index in [1.165, 1.54) is 0 Å². The second-order valence-electron chi connectivity index (χ2n) is 4.16. The Hall–Kier alpha value is -1.38. The van der Waals surface area contributed by atoms with Crippen LogP contribution in [0.15, 0.2) is 53.0 Å². The van der Waals surface area contributed by atoms with Crippen molar-refractivity contribution in [2.75, 3.05) is 0 Å². The Labute approximate surface area is 126 Å². The largest absolute Gasteiger partial charge is 0.289 e. The lowest BCUT2D eigenvalue weighted by molar-refractivity contribution is 0.104. The van der Waals surface area contributed by atoms with Crippen LogP contribution in [0.5, 0.6) is 0 Å². The van der Waals surface area contributed by atoms with Gasteiger partial charge in [-0.15, -0.1) is 0 Å². The van der Waals surface area contributed by atoms with E-state index in [4.69, 9.17) is 11.6 Å². The van der Waals surface area contributed by atoms with Gasteiger partial charge in [0.25, 0.3) is 0 Å². The lowest BCUT2D eigenvalue weighted by atomic mass is 10.1. The maximum atomic E-state index is 12.1. The summed E-state index contributed by atoms with van der Waals surface area (Å²) in [6.07, 6.45) is 3.29. The zero-order valence-corrected chi connectivity index (χ0v) is 12.7. The Bertz CT molecular complexity index is 647. The van der Waals surface area contributed by atoms with Crippen LogP contribution < -0.4 is 0 Å². The summed E-state index contributed by atoms with van der Waals surface area (Å²) in [5, 5.41) is 0.679. The molecule has 0 radical (unpaired) electrons. The molecule has 0 aliphatic rings. The average molecular weight is 336 g/mol. The maximum absolute atomic E-state index is 12.1. The highest BCUT2D eigenvalue weighted by molar-refractivity contribution is 9.10. The molecular formula is C16H12BrClO. The van der Waals surface area contributed by atoms with E-state index in [2.05, 4.69) is 15.9 Å². The van der Waals surface area contributed by atoms with Crippen molar-refractivity contribution < 1.29 is 4.79 Å². The molecule has 19 heavy (non-hydrogen) atoms. The molecule has 0 saturated carbocycles. The smallest absolute Gasteiger partial charge is 0.186 e. The van der Waals surface area contributed by atoms with E-state index >= 15 is 0 Å². The molecule has 0 aromatic heterocycles. The van der Waals surface area contributed by atoms with Crippen LogP contribution in [0.3, 0.4) is 0 Å². The second kappa shape index (κ2) is 6.18. The summed E-state index contributed by atoms with van der Waals surface area (Å²) in [6.45, 7) is 1.94. The topological polar surface area (TPSA) is 17.1 Å². The minimum Gasteiger partial charge on any atom is -0.289 e. The van der Waals surface area contributed by atoms with Crippen molar-refractivity contribution >= 4 is 39.4 Å². The first-order valence-corrected chi connectivity index (χ1v) is 6.99. The molecule has 96 valence electrons. The van der Waals surface area contributed by atoms with Gasteiger partial charge in [-0.05, 0) is 42.3 Å². The van der Waals surface area contributed by atoms with Gasteiger partial charge in [0.1, 0.15) is 0 Å². The van der Waals surface area contributed by atoms with Crippen molar-refractivity contribution in [1.29, 1.82) is 0 Å². The monoisotopic (exact) mass is 334 g/mol. The lowest BCUT2D eigenvalue weighted by Crippen LogP contribution is -1.95. The van der Waals surface area contributed by atoms with Gasteiger partial charge in [-0.2, -0.15) is 0 Å². The van der Waals surface area contributed by atoms with Crippen molar-refractivity contribution in [2.24, 2.45) is 0 Å². The number of halogens is 2. The molecule has 0 bridgehead atoms. The van der Waals surface area contributed by atoms with Crippen LogP contribution in [-0.4, -0.2) is 5.78 Å². The van der Waals surface area contributed by atoms with E-state index in [1.54, 1.807) is 18.2 Å². The van der Waals surface area contributed by atoms with E-state index in [0.717, 1.165) is 15.6 Å². The number of hydrogen-bond donors (Lipinski definition) is 0. The van der Waals surface area contributed by atoms with Gasteiger partial charge >= 0.3 is 0 Å². The normalized spacial score (nSPS) is 10.9. The Kier molecular flexibility index (Phi) is 4.56. The Morgan fingerprint density at radius 2 is 1.89 bits per heavy atom. The summed E-state index contributed by atoms with van der Waals surface area (Å²) in [7, 11) is 0. The van der Waals surface area contributed by atoms with Gasteiger partial charge in [0.15, 0.2) is 5.78 Å². The van der Waals surface area contributed by atoms with Crippen LogP contribution in [0.25, 0.3) is 6.08 Å². The van der Waals surface area contributed by atoms with E-state index in [-0.39, 0.29) is 5.78 Å². The maximum Gasteiger partial charge on any atom is 0.186 e. The zero-order chi connectivity index (χ0) is 13.8. The standard InChI is InChI=1S/C16H12BrClO/c1-11-5-4-6-12(16(11)18)9-10-15(19)13-7-2-3-8-14(13)17/h2-10H,1H3/b10-9+. The average Bonchev–Trinajstić information content (AvgIpc) is 2.40. The van der Waals surface area contributed by atoms with Gasteiger partial charge in [-0.3, -0.25) is 4.79 Å². The zero-order valence-electron chi connectivity index (χ0n) is 10.4. The molecule has 0 atom stereocenters. The van der Waals surface area contributed by atoms with Gasteiger partial charge in [-0.25, -0.2) is 0 Å². The van der Waals surface area contributed by atoms with Gasteiger partial charge in [-0.1, -0.05) is 57.9 Å². The molecule has 0 spiro atoms. The van der Waals surface area contributed by atoms with E-state index in [0.29, 0.717) is 10.6 Å². The highest BCUT2D eigenvalue weighted by Gasteiger charge is 2.06. The van der Waals surface area contributed by atoms with Crippen molar-refractivity contribution in [3.63, 3.8) is 0 Å². The van der Waals surface area contributed by atoms with Gasteiger partial charge in [0.05, 0.1) is 5.02 Å². The molecule has 0 aliphatic carbocycles. The first-order valence-electron chi connectivity index (χ1n) is 5.81. The molecule has 0 saturated heterocycles. The molecular weight excluding hydrogens is 324 g/mol. The van der Waals surface area contributed by atoms with Crippen molar-refractivity contribution in [1.82, 2.24) is 0 Å². The first kappa shape index (κ1) is 14.0. The summed E-state index contributed by atoms with van der Waals surface area (Å²) in [5.74, 6) is -0.0509. The third-order valence-electron chi connectivity index (χ3n) is 2.78. The third-order valence-corrected chi connectivity index (χ3v) is 3.98. The van der Waals surface area contributed by atoms with Crippen LogP contribution in [0.1, 0.15) is 21.5 Å². The molecule has 0 N–H and O–H groups in total. The Morgan fingerprint density at radius 3 is 2.63 bits per heavy atom. The number of carbonyl (C=O) groups excluding carboxylic acids is 1. The van der Waals surface area contributed by atoms with Gasteiger partial charge < -0.3 is 0 Å². The van der Waals surface area contributed by atoms with Gasteiger partial charge in [0, 0.05) is 10.0 Å². The van der Waals surface area contributed by atoms with Crippen molar-refractivity contribution in [3.05, 3.63) is 74.7 Å². The van der Waals surface area contributed by atoms with Crippen molar-refractivity contribution in [2.45, 2.75) is 6.92 Å². The number of benzene rings is 2. The highest BCUT2D eigenvalue weighted by atomic mass is 79.9. The quantitative estimate of drug-likeness (QED) is 0.549. The molecule has 2 rings (SSSR count). The molecule has 0 heterocycles. The van der Waals surface area contributed by atoms with E-state index in [1.807, 2.05) is 43.3 Å². The summed E-state index contributed by atoms with van der Waals surface area (Å²) in [4.78, 5) is 12.1. The predicted octanol–water partition coefficient (Wildman–Crippen LogP) is 5.31. The van der Waals surface area contributed by atoms with Crippen LogP contribution in [-0.2, 0) is 0 Å². The fourth-order valence-electron chi connectivity index (χ4n) is 1.72. The number of aryl methyl sites for hydroxylation is 1. The van der Waals surface area contributed by atoms with Crippen LogP contribution in [0.2, 0.25) is 5.02 Å². The minimum atomic E-state index is -0.0509. The Balaban J connectivity index is 2.26. The predicted molar refractivity (Wildman–Crippen MR) is 83.7 cm³/mol. The van der Waals surface area contributed by atoms with Crippen LogP contribution >= 0.6 is 27.5 Å². The second-order valence-corrected chi connectivity index (χ2v) is 5.39. The molecule has 0 aliphatic heterocycles. The summed E-state index contributed by atoms with van der Waals surface area (Å²) in [6, 6.07) is 13.1. The lowest BCUT2D eigenvalue weighted by Gasteiger charge is -2.02. The summed E-state index contributed by atoms with van der Waals surface area (Å²) in [5.41, 5.74) is 2.49. The van der Waals surface area contributed by atoms with E-state index < -0.39 is 0 Å². The first-order chi connectivity index (χ1) is 9.09. The fourth-order valence-corrected chi connectivity index (χ4v) is 2.38. The minimum absolute atomic E-state index is 0.0509. The number of ketones is 1. The third kappa shape index (κ3) is 3.34. The Morgan fingerprint density at radius 1 is 1.16 bits per heavy atom. The molecule has 0 unspecified atom stereocenters. The van der Waals surface area contributed by atoms with Gasteiger partial charge in [0.2, 0.25) is 0 Å². The number of hydrogen-bond acceptors (Lipinski definition) is 1. The molecule has 0 amide bonds. The number of rotatable bonds is 3. The SMILES string of the molecule is Cc1cccc(/C=C/C(=O)c2ccccc2Br)c1Cl. The summed E-state index contributed by atoms with van der Waals surface area (Å²) < 4.78 is 0.792. The molecule has 3 heteroatoms. The van der Waals surface area contributed by atoms with Crippen LogP contribution in [0.4, 0.5) is 0 Å². The van der Waals surface area contributed by atoms with E-state index in [9.17, 15) is 4.79 Å². The van der Waals surface area contributed by atoms with Crippen molar-refractivity contribution in [3.8, 4) is 0 Å².